The Labute approximate surface area is 150 Å². The lowest BCUT2D eigenvalue weighted by Crippen LogP contribution is -2.20. The van der Waals surface area contributed by atoms with Gasteiger partial charge in [-0.25, -0.2) is 4.79 Å². The van der Waals surface area contributed by atoms with Crippen LogP contribution in [-0.2, 0) is 4.74 Å². The van der Waals surface area contributed by atoms with Gasteiger partial charge in [-0.15, -0.1) is 24.5 Å². The van der Waals surface area contributed by atoms with Gasteiger partial charge in [-0.05, 0) is 49.5 Å². The zero-order chi connectivity index (χ0) is 18.6. The van der Waals surface area contributed by atoms with Crippen molar-refractivity contribution in [1.29, 1.82) is 0 Å². The number of thiocarbonyl (C=S) groups is 1. The molecule has 0 bridgehead atoms. The summed E-state index contributed by atoms with van der Waals surface area (Å²) < 4.78 is 44.9. The number of benzene rings is 1. The van der Waals surface area contributed by atoms with Crippen LogP contribution in [0.5, 0.6) is 5.75 Å². The van der Waals surface area contributed by atoms with Crippen LogP contribution in [0.3, 0.4) is 0 Å². The summed E-state index contributed by atoms with van der Waals surface area (Å²) in [7, 11) is 1.28. The quantitative estimate of drug-likeness (QED) is 0.590. The van der Waals surface area contributed by atoms with Crippen LogP contribution in [0, 0.1) is 6.92 Å². The molecule has 5 nitrogen and oxygen atoms in total. The van der Waals surface area contributed by atoms with E-state index in [9.17, 15) is 18.0 Å². The average molecular weight is 390 g/mol. The topological polar surface area (TPSA) is 59.6 Å². The lowest BCUT2D eigenvalue weighted by Gasteiger charge is -2.12. The Hall–Kier alpha value is -2.33. The molecule has 2 N–H and O–H groups in total. The van der Waals surface area contributed by atoms with Crippen molar-refractivity contribution < 1.29 is 27.4 Å². The number of nitrogens with one attached hydrogen (secondary N) is 2. The van der Waals surface area contributed by atoms with Crippen molar-refractivity contribution in [2.45, 2.75) is 13.3 Å². The molecule has 0 unspecified atom stereocenters. The fraction of sp³-hybridized carbons (Fsp3) is 0.200. The number of thiophene rings is 1. The Morgan fingerprint density at radius 3 is 2.40 bits per heavy atom. The van der Waals surface area contributed by atoms with Crippen LogP contribution in [0.1, 0.15) is 15.2 Å². The van der Waals surface area contributed by atoms with E-state index >= 15 is 0 Å². The number of esters is 1. The summed E-state index contributed by atoms with van der Waals surface area (Å²) in [6, 6.07) is 6.76. The number of hydrogen-bond donors (Lipinski definition) is 2. The number of aryl methyl sites for hydroxylation is 1. The van der Waals surface area contributed by atoms with Gasteiger partial charge < -0.3 is 20.1 Å². The number of alkyl halides is 3. The average Bonchev–Trinajstić information content (AvgIpc) is 2.87. The maximum atomic E-state index is 12.1. The van der Waals surface area contributed by atoms with E-state index in [4.69, 9.17) is 17.0 Å². The standard InChI is InChI=1S/C15H13F3N2O3S2/c1-8-7-11(13(21)22-2)12(25-8)20-14(24)19-9-3-5-10(6-4-9)23-15(16,17)18/h3-7H,1-2H3,(H2,19,20,24). The van der Waals surface area contributed by atoms with Gasteiger partial charge in [0.25, 0.3) is 0 Å². The lowest BCUT2D eigenvalue weighted by molar-refractivity contribution is -0.274. The molecule has 1 aromatic carbocycles. The fourth-order valence-electron chi connectivity index (χ4n) is 1.87. The molecule has 2 aromatic rings. The Morgan fingerprint density at radius 2 is 1.84 bits per heavy atom. The summed E-state index contributed by atoms with van der Waals surface area (Å²) in [5, 5.41) is 6.38. The normalized spacial score (nSPS) is 10.9. The first kappa shape index (κ1) is 19.0. The number of carbonyl (C=O) groups is 1. The summed E-state index contributed by atoms with van der Waals surface area (Å²) in [5.41, 5.74) is 0.808. The first-order chi connectivity index (χ1) is 11.7. The smallest absolute Gasteiger partial charge is 0.465 e. The SMILES string of the molecule is COC(=O)c1cc(C)sc1NC(=S)Nc1ccc(OC(F)(F)F)cc1. The zero-order valence-electron chi connectivity index (χ0n) is 13.1. The van der Waals surface area contributed by atoms with E-state index < -0.39 is 12.3 Å². The van der Waals surface area contributed by atoms with Gasteiger partial charge in [0, 0.05) is 10.6 Å². The molecule has 0 atom stereocenters. The van der Waals surface area contributed by atoms with Gasteiger partial charge in [0.15, 0.2) is 5.11 Å². The number of carbonyl (C=O) groups excluding carboxylic acids is 1. The molecule has 134 valence electrons. The third-order valence-corrected chi connectivity index (χ3v) is 4.00. The molecule has 0 spiro atoms. The third-order valence-electron chi connectivity index (χ3n) is 2.83. The first-order valence-corrected chi connectivity index (χ1v) is 8.03. The molecule has 0 radical (unpaired) electrons. The van der Waals surface area contributed by atoms with E-state index in [2.05, 4.69) is 15.4 Å². The van der Waals surface area contributed by atoms with Gasteiger partial charge in [-0.2, -0.15) is 0 Å². The number of halogens is 3. The Morgan fingerprint density at radius 1 is 1.20 bits per heavy atom. The van der Waals surface area contributed by atoms with Crippen molar-refractivity contribution in [1.82, 2.24) is 0 Å². The highest BCUT2D eigenvalue weighted by molar-refractivity contribution is 7.80. The van der Waals surface area contributed by atoms with E-state index in [0.29, 0.717) is 16.3 Å². The van der Waals surface area contributed by atoms with Crippen LogP contribution in [0.15, 0.2) is 30.3 Å². The maximum Gasteiger partial charge on any atom is 0.573 e. The summed E-state index contributed by atoms with van der Waals surface area (Å²) in [6.45, 7) is 1.83. The van der Waals surface area contributed by atoms with Crippen molar-refractivity contribution in [3.63, 3.8) is 0 Å². The number of rotatable bonds is 4. The van der Waals surface area contributed by atoms with Crippen LogP contribution < -0.4 is 15.4 Å². The lowest BCUT2D eigenvalue weighted by atomic mass is 10.3. The van der Waals surface area contributed by atoms with Gasteiger partial charge in [0.1, 0.15) is 10.8 Å². The minimum absolute atomic E-state index is 0.177. The monoisotopic (exact) mass is 390 g/mol. The molecule has 0 amide bonds. The van der Waals surface area contributed by atoms with Crippen molar-refractivity contribution in [3.05, 3.63) is 40.8 Å². The molecule has 0 aliphatic heterocycles. The van der Waals surface area contributed by atoms with Crippen LogP contribution in [-0.4, -0.2) is 24.6 Å². The van der Waals surface area contributed by atoms with Crippen molar-refractivity contribution in [2.75, 3.05) is 17.7 Å². The highest BCUT2D eigenvalue weighted by Crippen LogP contribution is 2.28. The molecule has 0 aliphatic carbocycles. The second-order valence-corrected chi connectivity index (χ2v) is 6.41. The molecule has 0 aliphatic rings. The predicted molar refractivity (Wildman–Crippen MR) is 93.4 cm³/mol. The van der Waals surface area contributed by atoms with E-state index in [1.807, 2.05) is 6.92 Å². The minimum Gasteiger partial charge on any atom is -0.465 e. The summed E-state index contributed by atoms with van der Waals surface area (Å²) in [5.74, 6) is -0.831. The molecule has 1 heterocycles. The predicted octanol–water partition coefficient (Wildman–Crippen LogP) is 4.55. The zero-order valence-corrected chi connectivity index (χ0v) is 14.7. The highest BCUT2D eigenvalue weighted by Gasteiger charge is 2.30. The molecule has 0 fully saturated rings. The Kier molecular flexibility index (Phi) is 5.85. The van der Waals surface area contributed by atoms with Gasteiger partial charge in [-0.3, -0.25) is 0 Å². The molecule has 10 heteroatoms. The van der Waals surface area contributed by atoms with Crippen LogP contribution in [0.25, 0.3) is 0 Å². The second-order valence-electron chi connectivity index (χ2n) is 4.74. The maximum absolute atomic E-state index is 12.1. The molecule has 0 saturated carbocycles. The molecular weight excluding hydrogens is 377 g/mol. The molecule has 0 saturated heterocycles. The number of ether oxygens (including phenoxy) is 2. The van der Waals surface area contributed by atoms with E-state index in [0.717, 1.165) is 17.0 Å². The minimum atomic E-state index is -4.74. The van der Waals surface area contributed by atoms with Gasteiger partial charge >= 0.3 is 12.3 Å². The third kappa shape index (κ3) is 5.61. The van der Waals surface area contributed by atoms with Gasteiger partial charge in [0.2, 0.25) is 0 Å². The summed E-state index contributed by atoms with van der Waals surface area (Å²) >= 11 is 6.47. The molecular formula is C15H13F3N2O3S2. The van der Waals surface area contributed by atoms with Crippen LogP contribution in [0.2, 0.25) is 0 Å². The number of anilines is 2. The number of methoxy groups -OCH3 is 1. The second kappa shape index (κ2) is 7.70. The van der Waals surface area contributed by atoms with Crippen LogP contribution in [0.4, 0.5) is 23.9 Å². The fourth-order valence-corrected chi connectivity index (χ4v) is 3.06. The van der Waals surface area contributed by atoms with Crippen molar-refractivity contribution in [2.24, 2.45) is 0 Å². The molecule has 25 heavy (non-hydrogen) atoms. The van der Waals surface area contributed by atoms with Gasteiger partial charge in [0.05, 0.1) is 12.7 Å². The van der Waals surface area contributed by atoms with E-state index in [1.54, 1.807) is 6.07 Å². The molecule has 1 aromatic heterocycles. The Bertz CT molecular complexity index is 773. The Balaban J connectivity index is 2.02. The van der Waals surface area contributed by atoms with E-state index in [1.165, 1.54) is 30.6 Å². The van der Waals surface area contributed by atoms with Crippen LogP contribution >= 0.6 is 23.6 Å². The first-order valence-electron chi connectivity index (χ1n) is 6.80. The largest absolute Gasteiger partial charge is 0.573 e. The molecule has 2 rings (SSSR count). The van der Waals surface area contributed by atoms with Gasteiger partial charge in [-0.1, -0.05) is 0 Å². The summed E-state index contributed by atoms with van der Waals surface area (Å²) in [6.07, 6.45) is -4.74. The number of hydrogen-bond acceptors (Lipinski definition) is 5. The summed E-state index contributed by atoms with van der Waals surface area (Å²) in [4.78, 5) is 12.6. The highest BCUT2D eigenvalue weighted by atomic mass is 32.1. The van der Waals surface area contributed by atoms with E-state index in [-0.39, 0.29) is 10.9 Å². The van der Waals surface area contributed by atoms with Crippen molar-refractivity contribution >= 4 is 45.3 Å². The van der Waals surface area contributed by atoms with Crippen molar-refractivity contribution in [3.8, 4) is 5.75 Å².